The zero-order chi connectivity index (χ0) is 12.3. The van der Waals surface area contributed by atoms with Crippen LogP contribution >= 0.6 is 0 Å². The van der Waals surface area contributed by atoms with E-state index in [1.807, 2.05) is 11.6 Å². The van der Waals surface area contributed by atoms with Crippen molar-refractivity contribution in [2.75, 3.05) is 0 Å². The summed E-state index contributed by atoms with van der Waals surface area (Å²) < 4.78 is 2.01. The van der Waals surface area contributed by atoms with Crippen LogP contribution in [0.5, 0.6) is 0 Å². The van der Waals surface area contributed by atoms with Crippen molar-refractivity contribution in [1.82, 2.24) is 9.78 Å². The van der Waals surface area contributed by atoms with Crippen LogP contribution in [0.1, 0.15) is 22.5 Å². The third-order valence-electron chi connectivity index (χ3n) is 2.77. The van der Waals surface area contributed by atoms with Crippen LogP contribution in [0.15, 0.2) is 36.4 Å². The molecule has 0 saturated heterocycles. The lowest BCUT2D eigenvalue weighted by Gasteiger charge is -1.99. The van der Waals surface area contributed by atoms with Crippen molar-refractivity contribution in [3.05, 3.63) is 58.9 Å². The normalized spacial score (nSPS) is 11.2. The summed E-state index contributed by atoms with van der Waals surface area (Å²) >= 11 is 0. The first-order valence-electron chi connectivity index (χ1n) is 5.89. The molecular formula is C15H18N2. The quantitative estimate of drug-likeness (QED) is 0.783. The Hall–Kier alpha value is -1.83. The van der Waals surface area contributed by atoms with Gasteiger partial charge in [0, 0.05) is 5.69 Å². The SMILES string of the molecule is Cc1ccc(/C=C/Cn2nc(C)cc2C)cc1. The van der Waals surface area contributed by atoms with E-state index in [2.05, 4.69) is 61.4 Å². The Kier molecular flexibility index (Phi) is 3.43. The lowest BCUT2D eigenvalue weighted by molar-refractivity contribution is 0.673. The summed E-state index contributed by atoms with van der Waals surface area (Å²) in [4.78, 5) is 0. The average Bonchev–Trinajstić information content (AvgIpc) is 2.60. The lowest BCUT2D eigenvalue weighted by Crippen LogP contribution is -1.99. The third-order valence-corrected chi connectivity index (χ3v) is 2.77. The molecule has 0 spiro atoms. The molecule has 2 rings (SSSR count). The minimum absolute atomic E-state index is 0.827. The van der Waals surface area contributed by atoms with Crippen LogP contribution in [0.2, 0.25) is 0 Å². The molecule has 2 nitrogen and oxygen atoms in total. The first kappa shape index (κ1) is 11.6. The number of hydrogen-bond donors (Lipinski definition) is 0. The van der Waals surface area contributed by atoms with Gasteiger partial charge in [0.25, 0.3) is 0 Å². The minimum Gasteiger partial charge on any atom is -0.266 e. The highest BCUT2D eigenvalue weighted by Crippen LogP contribution is 2.06. The monoisotopic (exact) mass is 226 g/mol. The molecule has 1 heterocycles. The highest BCUT2D eigenvalue weighted by Gasteiger charge is 1.97. The van der Waals surface area contributed by atoms with Gasteiger partial charge in [0.1, 0.15) is 0 Å². The molecule has 0 N–H and O–H groups in total. The maximum absolute atomic E-state index is 4.42. The Bertz CT molecular complexity index is 518. The van der Waals surface area contributed by atoms with E-state index in [-0.39, 0.29) is 0 Å². The molecule has 0 aliphatic heterocycles. The number of rotatable bonds is 3. The summed E-state index contributed by atoms with van der Waals surface area (Å²) in [5.74, 6) is 0. The van der Waals surface area contributed by atoms with Crippen molar-refractivity contribution >= 4 is 6.08 Å². The Morgan fingerprint density at radius 1 is 1.12 bits per heavy atom. The molecule has 0 fully saturated rings. The van der Waals surface area contributed by atoms with Gasteiger partial charge in [0.15, 0.2) is 0 Å². The molecule has 0 radical (unpaired) electrons. The summed E-state index contributed by atoms with van der Waals surface area (Å²) in [5, 5.41) is 4.42. The van der Waals surface area contributed by atoms with Gasteiger partial charge in [-0.15, -0.1) is 0 Å². The van der Waals surface area contributed by atoms with Crippen molar-refractivity contribution in [2.24, 2.45) is 0 Å². The number of benzene rings is 1. The smallest absolute Gasteiger partial charge is 0.0596 e. The number of aryl methyl sites for hydroxylation is 3. The zero-order valence-corrected chi connectivity index (χ0v) is 10.6. The predicted octanol–water partition coefficient (Wildman–Crippen LogP) is 3.52. The van der Waals surface area contributed by atoms with E-state index in [1.165, 1.54) is 16.8 Å². The number of hydrogen-bond acceptors (Lipinski definition) is 1. The Labute approximate surface area is 103 Å². The molecular weight excluding hydrogens is 208 g/mol. The van der Waals surface area contributed by atoms with E-state index in [0.717, 1.165) is 12.2 Å². The van der Waals surface area contributed by atoms with Gasteiger partial charge in [-0.05, 0) is 32.4 Å². The van der Waals surface area contributed by atoms with E-state index >= 15 is 0 Å². The van der Waals surface area contributed by atoms with Gasteiger partial charge in [-0.3, -0.25) is 4.68 Å². The van der Waals surface area contributed by atoms with E-state index < -0.39 is 0 Å². The van der Waals surface area contributed by atoms with Gasteiger partial charge in [-0.25, -0.2) is 0 Å². The molecule has 0 bridgehead atoms. The van der Waals surface area contributed by atoms with Crippen LogP contribution in [0, 0.1) is 20.8 Å². The summed E-state index contributed by atoms with van der Waals surface area (Å²) in [6.07, 6.45) is 4.28. The molecule has 0 amide bonds. The molecule has 0 unspecified atom stereocenters. The fourth-order valence-electron chi connectivity index (χ4n) is 1.83. The molecule has 0 saturated carbocycles. The van der Waals surface area contributed by atoms with Gasteiger partial charge in [0.2, 0.25) is 0 Å². The fraction of sp³-hybridized carbons (Fsp3) is 0.267. The van der Waals surface area contributed by atoms with Crippen LogP contribution in [0.3, 0.4) is 0 Å². The molecule has 0 atom stereocenters. The lowest BCUT2D eigenvalue weighted by atomic mass is 10.1. The molecule has 0 aliphatic rings. The maximum atomic E-state index is 4.42. The molecule has 1 aromatic heterocycles. The fourth-order valence-corrected chi connectivity index (χ4v) is 1.83. The summed E-state index contributed by atoms with van der Waals surface area (Å²) in [7, 11) is 0. The maximum Gasteiger partial charge on any atom is 0.0596 e. The molecule has 0 aliphatic carbocycles. The Morgan fingerprint density at radius 2 is 1.82 bits per heavy atom. The Balaban J connectivity index is 2.02. The van der Waals surface area contributed by atoms with Gasteiger partial charge in [0.05, 0.1) is 12.2 Å². The van der Waals surface area contributed by atoms with Crippen LogP contribution in [-0.2, 0) is 6.54 Å². The molecule has 1 aromatic carbocycles. The standard InChI is InChI=1S/C15H18N2/c1-12-6-8-15(9-7-12)5-4-10-17-14(3)11-13(2)16-17/h4-9,11H,10H2,1-3H3/b5-4+. The van der Waals surface area contributed by atoms with Crippen LogP contribution in [0.25, 0.3) is 6.08 Å². The second kappa shape index (κ2) is 5.00. The molecule has 88 valence electrons. The first-order chi connectivity index (χ1) is 8.15. The highest BCUT2D eigenvalue weighted by atomic mass is 15.3. The van der Waals surface area contributed by atoms with Crippen molar-refractivity contribution < 1.29 is 0 Å². The van der Waals surface area contributed by atoms with Crippen LogP contribution < -0.4 is 0 Å². The topological polar surface area (TPSA) is 17.8 Å². The minimum atomic E-state index is 0.827. The largest absolute Gasteiger partial charge is 0.266 e. The van der Waals surface area contributed by atoms with Crippen molar-refractivity contribution in [3.63, 3.8) is 0 Å². The predicted molar refractivity (Wildman–Crippen MR) is 71.9 cm³/mol. The number of nitrogens with zero attached hydrogens (tertiary/aromatic N) is 2. The Morgan fingerprint density at radius 3 is 2.41 bits per heavy atom. The molecule has 2 aromatic rings. The third kappa shape index (κ3) is 3.06. The summed E-state index contributed by atoms with van der Waals surface area (Å²) in [6.45, 7) is 7.03. The molecule has 17 heavy (non-hydrogen) atoms. The number of allylic oxidation sites excluding steroid dienone is 1. The van der Waals surface area contributed by atoms with Gasteiger partial charge < -0.3 is 0 Å². The van der Waals surface area contributed by atoms with E-state index in [1.54, 1.807) is 0 Å². The number of aromatic nitrogens is 2. The average molecular weight is 226 g/mol. The first-order valence-corrected chi connectivity index (χ1v) is 5.89. The second-order valence-corrected chi connectivity index (χ2v) is 4.42. The van der Waals surface area contributed by atoms with Crippen molar-refractivity contribution in [3.8, 4) is 0 Å². The van der Waals surface area contributed by atoms with E-state index in [9.17, 15) is 0 Å². The summed E-state index contributed by atoms with van der Waals surface area (Å²) in [6, 6.07) is 10.6. The van der Waals surface area contributed by atoms with Gasteiger partial charge in [-0.1, -0.05) is 42.0 Å². The van der Waals surface area contributed by atoms with Gasteiger partial charge >= 0.3 is 0 Å². The van der Waals surface area contributed by atoms with Gasteiger partial charge in [-0.2, -0.15) is 5.10 Å². The summed E-state index contributed by atoms with van der Waals surface area (Å²) in [5.41, 5.74) is 4.81. The molecule has 2 heteroatoms. The van der Waals surface area contributed by atoms with Crippen LogP contribution in [-0.4, -0.2) is 9.78 Å². The zero-order valence-electron chi connectivity index (χ0n) is 10.6. The van der Waals surface area contributed by atoms with Crippen molar-refractivity contribution in [1.29, 1.82) is 0 Å². The van der Waals surface area contributed by atoms with E-state index in [4.69, 9.17) is 0 Å². The van der Waals surface area contributed by atoms with Crippen molar-refractivity contribution in [2.45, 2.75) is 27.3 Å². The van der Waals surface area contributed by atoms with E-state index in [0.29, 0.717) is 0 Å². The van der Waals surface area contributed by atoms with Crippen LogP contribution in [0.4, 0.5) is 0 Å². The highest BCUT2D eigenvalue weighted by molar-refractivity contribution is 5.49. The second-order valence-electron chi connectivity index (χ2n) is 4.42.